The largest absolute Gasteiger partial charge is 0.497 e. The molecule has 2 aromatic heterocycles. The van der Waals surface area contributed by atoms with Gasteiger partial charge >= 0.3 is 0 Å². The van der Waals surface area contributed by atoms with E-state index in [0.717, 1.165) is 5.56 Å². The van der Waals surface area contributed by atoms with Gasteiger partial charge in [-0.2, -0.15) is 0 Å². The molecule has 10 nitrogen and oxygen atoms in total. The Kier molecular flexibility index (Phi) is 6.29. The van der Waals surface area contributed by atoms with Crippen molar-refractivity contribution in [2.24, 2.45) is 5.92 Å². The molecule has 5 rings (SSSR count). The molecule has 3 aromatic rings. The number of aliphatic hydroxyl groups excluding tert-OH is 1. The highest BCUT2D eigenvalue weighted by Crippen LogP contribution is 2.38. The normalized spacial score (nSPS) is 17.6. The molecule has 1 aliphatic carbocycles. The summed E-state index contributed by atoms with van der Waals surface area (Å²) in [6.07, 6.45) is 4.44. The summed E-state index contributed by atoms with van der Waals surface area (Å²) >= 11 is 0. The zero-order chi connectivity index (χ0) is 24.5. The van der Waals surface area contributed by atoms with Gasteiger partial charge in [-0.05, 0) is 44.2 Å². The van der Waals surface area contributed by atoms with Gasteiger partial charge in [0.1, 0.15) is 35.6 Å². The van der Waals surface area contributed by atoms with Crippen molar-refractivity contribution in [2.45, 2.75) is 32.2 Å². The predicted octanol–water partition coefficient (Wildman–Crippen LogP) is 2.05. The monoisotopic (exact) mass is 479 g/mol. The van der Waals surface area contributed by atoms with Crippen LogP contribution < -0.4 is 14.8 Å². The van der Waals surface area contributed by atoms with Gasteiger partial charge in [0.2, 0.25) is 5.91 Å². The number of carbonyl (C=O) groups is 2. The first-order valence-electron chi connectivity index (χ1n) is 11.8. The Labute approximate surface area is 202 Å². The zero-order valence-electron chi connectivity index (χ0n) is 19.8. The first-order valence-corrected chi connectivity index (χ1v) is 11.8. The van der Waals surface area contributed by atoms with Crippen molar-refractivity contribution in [1.29, 1.82) is 0 Å². The van der Waals surface area contributed by atoms with Crippen LogP contribution in [0.3, 0.4) is 0 Å². The molecule has 10 heteroatoms. The standard InChI is InChI=1S/C25H29N5O5/c1-14-21(25(33)29-16-7-8-30(10-16)20(32)11-31)23-24(28-14)22(26-13-27-23)18-6-5-17(34-2)9-19(18)35-12-15-3-4-15/h5-6,9,13,15-16,28,31H,3-4,7-8,10-12H2,1-2H3,(H,29,33)/t16-/m1/s1. The van der Waals surface area contributed by atoms with Crippen molar-refractivity contribution in [3.05, 3.63) is 35.8 Å². The number of hydrogen-bond donors (Lipinski definition) is 3. The molecule has 0 unspecified atom stereocenters. The number of aromatic nitrogens is 3. The van der Waals surface area contributed by atoms with E-state index >= 15 is 0 Å². The molecule has 35 heavy (non-hydrogen) atoms. The van der Waals surface area contributed by atoms with Gasteiger partial charge in [-0.3, -0.25) is 9.59 Å². The van der Waals surface area contributed by atoms with E-state index in [2.05, 4.69) is 20.3 Å². The van der Waals surface area contributed by atoms with Crippen molar-refractivity contribution < 1.29 is 24.2 Å². The number of methoxy groups -OCH3 is 1. The number of aromatic amines is 1. The number of amides is 2. The van der Waals surface area contributed by atoms with E-state index < -0.39 is 6.61 Å². The summed E-state index contributed by atoms with van der Waals surface area (Å²) in [5, 5.41) is 12.1. The van der Waals surface area contributed by atoms with Crippen LogP contribution in [0.2, 0.25) is 0 Å². The number of nitrogens with zero attached hydrogens (tertiary/aromatic N) is 3. The first kappa shape index (κ1) is 23.1. The van der Waals surface area contributed by atoms with Gasteiger partial charge in [0, 0.05) is 36.5 Å². The van der Waals surface area contributed by atoms with Crippen LogP contribution in [-0.2, 0) is 4.79 Å². The molecule has 2 fully saturated rings. The van der Waals surface area contributed by atoms with E-state index in [4.69, 9.17) is 14.6 Å². The van der Waals surface area contributed by atoms with Crippen molar-refractivity contribution in [1.82, 2.24) is 25.2 Å². The van der Waals surface area contributed by atoms with Crippen LogP contribution >= 0.6 is 0 Å². The third kappa shape index (κ3) is 4.66. The molecule has 1 saturated carbocycles. The fraction of sp³-hybridized carbons (Fsp3) is 0.440. The molecule has 2 aliphatic rings. The topological polar surface area (TPSA) is 130 Å². The Bertz CT molecular complexity index is 1270. The van der Waals surface area contributed by atoms with Gasteiger partial charge in [-0.25, -0.2) is 9.97 Å². The molecule has 2 amide bonds. The minimum Gasteiger partial charge on any atom is -0.497 e. The molecule has 3 N–H and O–H groups in total. The maximum Gasteiger partial charge on any atom is 0.255 e. The minimum absolute atomic E-state index is 0.187. The first-order chi connectivity index (χ1) is 17.0. The highest BCUT2D eigenvalue weighted by Gasteiger charge is 2.29. The molecule has 0 bridgehead atoms. The van der Waals surface area contributed by atoms with Crippen molar-refractivity contribution in [2.75, 3.05) is 33.4 Å². The van der Waals surface area contributed by atoms with Crippen LogP contribution in [0.4, 0.5) is 0 Å². The number of ether oxygens (including phenoxy) is 2. The zero-order valence-corrected chi connectivity index (χ0v) is 19.8. The summed E-state index contributed by atoms with van der Waals surface area (Å²) in [5.74, 6) is 1.36. The fourth-order valence-corrected chi connectivity index (χ4v) is 4.50. The summed E-state index contributed by atoms with van der Waals surface area (Å²) in [7, 11) is 1.62. The van der Waals surface area contributed by atoms with Crippen LogP contribution in [-0.4, -0.2) is 76.2 Å². The maximum absolute atomic E-state index is 13.2. The number of likely N-dealkylation sites (tertiary alicyclic amines) is 1. The Morgan fingerprint density at radius 3 is 2.83 bits per heavy atom. The van der Waals surface area contributed by atoms with Crippen molar-refractivity contribution >= 4 is 22.8 Å². The van der Waals surface area contributed by atoms with E-state index in [0.29, 0.717) is 71.5 Å². The number of fused-ring (bicyclic) bond motifs is 1. The lowest BCUT2D eigenvalue weighted by atomic mass is 10.1. The molecule has 0 spiro atoms. The molecule has 1 aliphatic heterocycles. The van der Waals surface area contributed by atoms with Crippen LogP contribution in [0.5, 0.6) is 11.5 Å². The third-order valence-electron chi connectivity index (χ3n) is 6.63. The van der Waals surface area contributed by atoms with Gasteiger partial charge in [-0.1, -0.05) is 0 Å². The summed E-state index contributed by atoms with van der Waals surface area (Å²) in [4.78, 5) is 38.8. The van der Waals surface area contributed by atoms with E-state index in [1.807, 2.05) is 25.1 Å². The lowest BCUT2D eigenvalue weighted by Gasteiger charge is -2.16. The molecule has 1 saturated heterocycles. The molecule has 1 atom stereocenters. The number of hydrogen-bond acceptors (Lipinski definition) is 7. The van der Waals surface area contributed by atoms with Crippen LogP contribution in [0.15, 0.2) is 24.5 Å². The lowest BCUT2D eigenvalue weighted by molar-refractivity contribution is -0.133. The Morgan fingerprint density at radius 2 is 2.09 bits per heavy atom. The minimum atomic E-state index is -0.528. The summed E-state index contributed by atoms with van der Waals surface area (Å²) in [5.41, 5.74) is 3.74. The van der Waals surface area contributed by atoms with Gasteiger partial charge in [0.25, 0.3) is 5.91 Å². The number of rotatable bonds is 8. The van der Waals surface area contributed by atoms with Gasteiger partial charge in [0.15, 0.2) is 0 Å². The molecule has 1 aromatic carbocycles. The molecule has 3 heterocycles. The third-order valence-corrected chi connectivity index (χ3v) is 6.63. The highest BCUT2D eigenvalue weighted by atomic mass is 16.5. The SMILES string of the molecule is COc1ccc(-c2ncnc3c(C(=O)N[C@@H]4CCN(C(=O)CO)C4)c(C)[nH]c23)c(OCC2CC2)c1. The molecule has 184 valence electrons. The second-order valence-corrected chi connectivity index (χ2v) is 9.14. The van der Waals surface area contributed by atoms with E-state index in [9.17, 15) is 9.59 Å². The summed E-state index contributed by atoms with van der Waals surface area (Å²) < 4.78 is 11.5. The Balaban J connectivity index is 1.45. The number of H-pyrrole nitrogens is 1. The number of carbonyl (C=O) groups excluding carboxylic acids is 2. The Morgan fingerprint density at radius 1 is 1.26 bits per heavy atom. The van der Waals surface area contributed by atoms with E-state index in [1.54, 1.807) is 12.0 Å². The molecular weight excluding hydrogens is 450 g/mol. The van der Waals surface area contributed by atoms with Crippen LogP contribution in [0.25, 0.3) is 22.3 Å². The highest BCUT2D eigenvalue weighted by molar-refractivity contribution is 6.09. The number of nitrogens with one attached hydrogen (secondary N) is 2. The van der Waals surface area contributed by atoms with Crippen LogP contribution in [0.1, 0.15) is 35.3 Å². The molecule has 0 radical (unpaired) electrons. The smallest absolute Gasteiger partial charge is 0.255 e. The van der Waals surface area contributed by atoms with Gasteiger partial charge < -0.3 is 29.8 Å². The Hall–Kier alpha value is -3.66. The van der Waals surface area contributed by atoms with E-state index in [-0.39, 0.29) is 17.9 Å². The van der Waals surface area contributed by atoms with E-state index in [1.165, 1.54) is 19.2 Å². The number of benzene rings is 1. The predicted molar refractivity (Wildman–Crippen MR) is 128 cm³/mol. The second-order valence-electron chi connectivity index (χ2n) is 9.14. The summed E-state index contributed by atoms with van der Waals surface area (Å²) in [6.45, 7) is 2.82. The van der Waals surface area contributed by atoms with Gasteiger partial charge in [0.05, 0.1) is 24.8 Å². The molecular formula is C25H29N5O5. The lowest BCUT2D eigenvalue weighted by Crippen LogP contribution is -2.39. The summed E-state index contributed by atoms with van der Waals surface area (Å²) in [6, 6.07) is 5.43. The maximum atomic E-state index is 13.2. The quantitative estimate of drug-likeness (QED) is 0.451. The fourth-order valence-electron chi connectivity index (χ4n) is 4.50. The second kappa shape index (κ2) is 9.53. The van der Waals surface area contributed by atoms with Crippen LogP contribution in [0, 0.1) is 12.8 Å². The average Bonchev–Trinajstić information content (AvgIpc) is 3.47. The average molecular weight is 480 g/mol. The van der Waals surface area contributed by atoms with Gasteiger partial charge in [-0.15, -0.1) is 0 Å². The van der Waals surface area contributed by atoms with Crippen molar-refractivity contribution in [3.63, 3.8) is 0 Å². The number of aliphatic hydroxyl groups is 1. The number of aryl methyl sites for hydroxylation is 1. The van der Waals surface area contributed by atoms with Crippen molar-refractivity contribution in [3.8, 4) is 22.8 Å².